The maximum Gasteiger partial charge on any atom is 0.214 e. The molecule has 0 amide bonds. The Hall–Kier alpha value is -4.84. The lowest BCUT2D eigenvalue weighted by molar-refractivity contribution is 0.0972. The number of nitrogens with one attached hydrogen (secondary N) is 2. The number of nitrogens with zero attached hydrogens (tertiary/aromatic N) is 2. The number of fused-ring (bicyclic) bond motifs is 4. The van der Waals surface area contributed by atoms with Crippen LogP contribution in [-0.2, 0) is 0 Å². The average Bonchev–Trinajstić information content (AvgIpc) is 3.51. The number of aromatic nitrogens is 4. The molecule has 0 atom stereocenters. The summed E-state index contributed by atoms with van der Waals surface area (Å²) in [4.78, 5) is 43.0. The summed E-state index contributed by atoms with van der Waals surface area (Å²) in [6, 6.07) is 22.7. The van der Waals surface area contributed by atoms with E-state index in [4.69, 9.17) is 9.97 Å². The van der Waals surface area contributed by atoms with Crippen molar-refractivity contribution in [2.45, 2.75) is 0 Å². The molecule has 3 aromatic heterocycles. The van der Waals surface area contributed by atoms with E-state index in [1.54, 1.807) is 24.3 Å². The van der Waals surface area contributed by atoms with Crippen molar-refractivity contribution in [3.05, 3.63) is 108 Å². The average molecular weight is 440 g/mol. The second-order valence-electron chi connectivity index (χ2n) is 8.32. The van der Waals surface area contributed by atoms with Crippen molar-refractivity contribution in [1.29, 1.82) is 0 Å². The van der Waals surface area contributed by atoms with Crippen molar-refractivity contribution in [2.75, 3.05) is 0 Å². The maximum absolute atomic E-state index is 13.4. The Bertz CT molecular complexity index is 1680. The first-order valence-corrected chi connectivity index (χ1v) is 10.9. The molecule has 1 aliphatic rings. The van der Waals surface area contributed by atoms with E-state index in [9.17, 15) is 9.59 Å². The van der Waals surface area contributed by atoms with Gasteiger partial charge < -0.3 is 9.97 Å². The predicted octanol–water partition coefficient (Wildman–Crippen LogP) is 5.55. The van der Waals surface area contributed by atoms with E-state index >= 15 is 0 Å². The van der Waals surface area contributed by atoms with E-state index in [1.165, 1.54) is 0 Å². The van der Waals surface area contributed by atoms with E-state index in [2.05, 4.69) is 9.97 Å². The van der Waals surface area contributed by atoms with Crippen LogP contribution in [0.3, 0.4) is 0 Å². The number of hydrogen-bond acceptors (Lipinski definition) is 4. The largest absolute Gasteiger partial charge is 0.360 e. The first-order valence-electron chi connectivity index (χ1n) is 10.9. The van der Waals surface area contributed by atoms with E-state index in [0.29, 0.717) is 22.5 Å². The van der Waals surface area contributed by atoms with Gasteiger partial charge in [-0.15, -0.1) is 0 Å². The summed E-state index contributed by atoms with van der Waals surface area (Å²) in [5.41, 5.74) is 5.57. The molecule has 0 saturated carbocycles. The summed E-state index contributed by atoms with van der Waals surface area (Å²) < 4.78 is 0. The highest BCUT2D eigenvalue weighted by atomic mass is 16.1. The number of hydrogen-bond donors (Lipinski definition) is 2. The van der Waals surface area contributed by atoms with Crippen molar-refractivity contribution >= 4 is 33.4 Å². The molecule has 160 valence electrons. The van der Waals surface area contributed by atoms with Crippen LogP contribution < -0.4 is 0 Å². The van der Waals surface area contributed by atoms with Crippen LogP contribution in [0.4, 0.5) is 0 Å². The second kappa shape index (κ2) is 6.83. The number of para-hydroxylation sites is 2. The lowest BCUT2D eigenvalue weighted by Gasteiger charge is -2.18. The van der Waals surface area contributed by atoms with Gasteiger partial charge in [0, 0.05) is 56.5 Å². The predicted molar refractivity (Wildman–Crippen MR) is 130 cm³/mol. The molecule has 0 bridgehead atoms. The molecule has 0 radical (unpaired) electrons. The van der Waals surface area contributed by atoms with Gasteiger partial charge in [-0.25, -0.2) is 9.97 Å². The number of rotatable bonds is 2. The van der Waals surface area contributed by atoms with Crippen LogP contribution in [0, 0.1) is 0 Å². The summed E-state index contributed by atoms with van der Waals surface area (Å²) in [6.45, 7) is 0. The van der Waals surface area contributed by atoms with Crippen LogP contribution in [0.15, 0.2) is 85.2 Å². The fourth-order valence-corrected chi connectivity index (χ4v) is 4.80. The van der Waals surface area contributed by atoms with Gasteiger partial charge in [0.2, 0.25) is 11.6 Å². The van der Waals surface area contributed by atoms with Crippen LogP contribution in [0.5, 0.6) is 0 Å². The maximum atomic E-state index is 13.4. The first-order chi connectivity index (χ1) is 16.7. The van der Waals surface area contributed by atoms with E-state index in [-0.39, 0.29) is 23.0 Å². The third-order valence-corrected chi connectivity index (χ3v) is 6.43. The van der Waals surface area contributed by atoms with E-state index < -0.39 is 0 Å². The summed E-state index contributed by atoms with van der Waals surface area (Å²) in [7, 11) is 0. The SMILES string of the molecule is O=C1c2ccccc2C(=O)c2nc(-c3c[nH]c4ccccc34)c(-c3c[nH]c4ccccc34)nc21. The number of ketones is 2. The molecule has 0 spiro atoms. The third-order valence-electron chi connectivity index (χ3n) is 6.43. The molecule has 3 aromatic carbocycles. The van der Waals surface area contributed by atoms with Gasteiger partial charge in [0.15, 0.2) is 0 Å². The third kappa shape index (κ3) is 2.50. The quantitative estimate of drug-likeness (QED) is 0.369. The summed E-state index contributed by atoms with van der Waals surface area (Å²) >= 11 is 0. The van der Waals surface area contributed by atoms with Gasteiger partial charge in [-0.1, -0.05) is 60.7 Å². The molecule has 6 heteroatoms. The highest BCUT2D eigenvalue weighted by Crippen LogP contribution is 2.39. The zero-order chi connectivity index (χ0) is 22.8. The van der Waals surface area contributed by atoms with Crippen LogP contribution in [0.1, 0.15) is 32.1 Å². The van der Waals surface area contributed by atoms with E-state index in [1.807, 2.05) is 60.9 Å². The molecule has 34 heavy (non-hydrogen) atoms. The molecule has 1 aliphatic carbocycles. The molecular weight excluding hydrogens is 424 g/mol. The lowest BCUT2D eigenvalue weighted by Crippen LogP contribution is -2.24. The van der Waals surface area contributed by atoms with Crippen molar-refractivity contribution in [3.63, 3.8) is 0 Å². The number of aromatic amines is 2. The Morgan fingerprint density at radius 1 is 0.471 bits per heavy atom. The minimum Gasteiger partial charge on any atom is -0.360 e. The molecule has 0 fully saturated rings. The Balaban J connectivity index is 1.58. The standard InChI is InChI=1S/C28H16N4O2/c33-27-17-9-1-2-10-18(17)28(34)26-25(27)31-23(19-13-29-21-11-5-3-7-15(19)21)24(32-26)20-14-30-22-12-6-4-8-16(20)22/h1-14,29-30H. The molecule has 0 aliphatic heterocycles. The lowest BCUT2D eigenvalue weighted by atomic mass is 9.89. The van der Waals surface area contributed by atoms with Crippen LogP contribution >= 0.6 is 0 Å². The van der Waals surface area contributed by atoms with Gasteiger partial charge in [0.25, 0.3) is 0 Å². The fourth-order valence-electron chi connectivity index (χ4n) is 4.80. The van der Waals surface area contributed by atoms with Crippen molar-refractivity contribution < 1.29 is 9.59 Å². The van der Waals surface area contributed by atoms with Crippen LogP contribution in [-0.4, -0.2) is 31.5 Å². The van der Waals surface area contributed by atoms with Crippen molar-refractivity contribution in [3.8, 4) is 22.5 Å². The van der Waals surface area contributed by atoms with Gasteiger partial charge in [0.05, 0.1) is 11.4 Å². The molecule has 3 heterocycles. The fraction of sp³-hybridized carbons (Fsp3) is 0. The zero-order valence-corrected chi connectivity index (χ0v) is 17.8. The number of carbonyl (C=O) groups excluding carboxylic acids is 2. The minimum atomic E-state index is -0.288. The normalized spacial score (nSPS) is 12.8. The molecule has 6 aromatic rings. The molecule has 2 N–H and O–H groups in total. The van der Waals surface area contributed by atoms with Crippen molar-refractivity contribution in [1.82, 2.24) is 19.9 Å². The summed E-state index contributed by atoms with van der Waals surface area (Å²) in [5, 5.41) is 1.93. The van der Waals surface area contributed by atoms with Gasteiger partial charge in [-0.05, 0) is 12.1 Å². The molecule has 0 unspecified atom stereocenters. The van der Waals surface area contributed by atoms with Crippen LogP contribution in [0.25, 0.3) is 44.3 Å². The Morgan fingerprint density at radius 3 is 1.35 bits per heavy atom. The number of benzene rings is 3. The Kier molecular flexibility index (Phi) is 3.76. The minimum absolute atomic E-state index is 0.0903. The number of H-pyrrole nitrogens is 2. The highest BCUT2D eigenvalue weighted by molar-refractivity contribution is 6.27. The summed E-state index contributed by atoms with van der Waals surface area (Å²) in [5.74, 6) is -0.575. The van der Waals surface area contributed by atoms with Gasteiger partial charge in [-0.2, -0.15) is 0 Å². The van der Waals surface area contributed by atoms with Gasteiger partial charge in [-0.3, -0.25) is 9.59 Å². The zero-order valence-electron chi connectivity index (χ0n) is 17.8. The monoisotopic (exact) mass is 440 g/mol. The topological polar surface area (TPSA) is 91.5 Å². The molecule has 0 saturated heterocycles. The smallest absolute Gasteiger partial charge is 0.214 e. The molecule has 6 nitrogen and oxygen atoms in total. The molecular formula is C28H16N4O2. The first kappa shape index (κ1) is 18.7. The number of carbonyl (C=O) groups is 2. The Labute approximate surface area is 193 Å². The van der Waals surface area contributed by atoms with Gasteiger partial charge in [0.1, 0.15) is 11.4 Å². The highest BCUT2D eigenvalue weighted by Gasteiger charge is 2.34. The molecule has 7 rings (SSSR count). The second-order valence-corrected chi connectivity index (χ2v) is 8.32. The Morgan fingerprint density at radius 2 is 0.882 bits per heavy atom. The van der Waals surface area contributed by atoms with E-state index in [0.717, 1.165) is 32.9 Å². The van der Waals surface area contributed by atoms with Crippen molar-refractivity contribution in [2.24, 2.45) is 0 Å². The van der Waals surface area contributed by atoms with Gasteiger partial charge >= 0.3 is 0 Å². The summed E-state index contributed by atoms with van der Waals surface area (Å²) in [6.07, 6.45) is 3.75. The van der Waals surface area contributed by atoms with Crippen LogP contribution in [0.2, 0.25) is 0 Å².